The van der Waals surface area contributed by atoms with E-state index in [1.54, 1.807) is 73.2 Å². The molecule has 3 aliphatic heterocycles. The molecular formula is C94H74Cl10F2N12O19. The Labute approximate surface area is 827 Å². The van der Waals surface area contributed by atoms with Gasteiger partial charge in [0.15, 0.2) is 45.1 Å². The number of aromatic nitrogens is 10. The zero-order chi connectivity index (χ0) is 99.6. The van der Waals surface area contributed by atoms with Crippen molar-refractivity contribution in [3.63, 3.8) is 0 Å². The summed E-state index contributed by atoms with van der Waals surface area (Å²) in [6.45, 7) is 8.92. The normalized spacial score (nSPS) is 14.1. The number of pyridine rings is 10. The average Bonchev–Trinajstić information content (AvgIpc) is 1.60. The zero-order valence-corrected chi connectivity index (χ0v) is 80.0. The number of carbonyl (C=O) groups is 8. The van der Waals surface area contributed by atoms with Crippen molar-refractivity contribution in [3.05, 3.63) is 338 Å². The highest BCUT2D eigenvalue weighted by Crippen LogP contribution is 2.49. The van der Waals surface area contributed by atoms with Gasteiger partial charge in [-0.15, -0.1) is 0 Å². The summed E-state index contributed by atoms with van der Waals surface area (Å²) in [5, 5.41) is 8.15. The summed E-state index contributed by atoms with van der Waals surface area (Å²) < 4.78 is 72.6. The molecule has 31 nitrogen and oxygen atoms in total. The van der Waals surface area contributed by atoms with Gasteiger partial charge in [-0.1, -0.05) is 171 Å². The van der Waals surface area contributed by atoms with E-state index in [-0.39, 0.29) is 90.2 Å². The highest BCUT2D eigenvalue weighted by atomic mass is 35.5. The maximum atomic E-state index is 14.9. The molecule has 43 heteroatoms. The minimum Gasteiger partial charge on any atom is -0.503 e. The van der Waals surface area contributed by atoms with Crippen LogP contribution in [0.15, 0.2) is 252 Å². The number of nitrogens with two attached hydrogens (primary N) is 1. The molecule has 13 heterocycles. The van der Waals surface area contributed by atoms with E-state index in [1.165, 1.54) is 140 Å². The van der Waals surface area contributed by atoms with Crippen molar-refractivity contribution in [2.24, 2.45) is 5.41 Å². The molecule has 10 aromatic heterocycles. The third-order valence-corrected chi connectivity index (χ3v) is 20.4. The van der Waals surface area contributed by atoms with Gasteiger partial charge in [0.1, 0.15) is 82.1 Å². The van der Waals surface area contributed by atoms with Gasteiger partial charge in [-0.25, -0.2) is 57.9 Å². The third-order valence-electron chi connectivity index (χ3n) is 18.2. The van der Waals surface area contributed by atoms with E-state index in [2.05, 4.69) is 69.4 Å². The third kappa shape index (κ3) is 32.0. The van der Waals surface area contributed by atoms with Crippen LogP contribution < -0.4 is 31.4 Å². The molecular weight excluding hydrogens is 1990 g/mol. The summed E-state index contributed by atoms with van der Waals surface area (Å²) in [5.41, 5.74) is 8.35. The van der Waals surface area contributed by atoms with Crippen LogP contribution in [0.3, 0.4) is 0 Å². The van der Waals surface area contributed by atoms with Crippen molar-refractivity contribution in [2.45, 2.75) is 91.0 Å². The number of para-hydroxylation sites is 2. The Balaban J connectivity index is 0.000000166. The standard InChI is InChI=1S/C27H19ClF2N2O3.C12H10Cl2N2O4.C12H10O.C8H4Cl2N2O.C8H4Cl2N2.C8H5ClN2O.C8H10O5.C6H8O4.C5H4Cl2N2/c28-26-14-21-19(15-32-26)22(7-10-31-21)35-23-6-3-17(11-20(23)30)13-25(34)27(8-9-27)24(33)12-16-1-4-18(29)5-2-16;1-12(2)19-10(17)7(11(18)20-12)5-15-6-3-8(13)16-9(14)4-6;1-3-7-11(8-4-1)13-12-9-5-2-6-10-12;9-6-3-4-7(8(10)12-6)5(13)1-2-11-4;9-6-1-2-11-7-3-8(10)12-4-5(6)7;9-8-3-6-5(4-11-8)7(12)1-2-10-6;1-8(2)12-6(9)5(4-11-3)7(10)13-8;1-6(2)9-4(7)3-5(8)10-6;6-4-1-3(8)2-5(7)9-4/h1-7,10-11,14-15H,8-9,12-13H2;3-5H,1-2H3,(H,15,16);1-10H;1-3H,(H,11,13);1-4H;1-4H,(H,10,12);4H,1-3H3;3H2,1-2H3;1-2H,(H2,8,9). The number of hydrogen-bond acceptors (Lipinski definition) is 29. The maximum absolute atomic E-state index is 14.9. The number of H-pyrrole nitrogens is 2. The molecule has 5 N–H and O–H groups in total. The molecule has 1 saturated carbocycles. The monoisotopic (exact) mass is 2060 g/mol. The van der Waals surface area contributed by atoms with Gasteiger partial charge in [-0.3, -0.25) is 38.7 Å². The molecule has 0 radical (unpaired) electrons. The number of methoxy groups -OCH3 is 1. The molecule has 3 saturated heterocycles. The van der Waals surface area contributed by atoms with Crippen LogP contribution >= 0.6 is 116 Å². The van der Waals surface area contributed by atoms with E-state index in [4.69, 9.17) is 150 Å². The lowest BCUT2D eigenvalue weighted by Crippen LogP contribution is -2.42. The molecule has 708 valence electrons. The summed E-state index contributed by atoms with van der Waals surface area (Å²) in [5.74, 6) is -6.96. The average molecular weight is 2070 g/mol. The van der Waals surface area contributed by atoms with E-state index in [1.807, 2.05) is 60.7 Å². The summed E-state index contributed by atoms with van der Waals surface area (Å²) >= 11 is 56.9. The topological polar surface area (TPSA) is 427 Å². The van der Waals surface area contributed by atoms with Crippen LogP contribution in [-0.4, -0.2) is 122 Å². The number of Topliss-reactive ketones (excluding diaryl/α,β-unsaturated/α-hetero) is 2. The van der Waals surface area contributed by atoms with Crippen LogP contribution in [0.4, 0.5) is 20.2 Å². The number of fused-ring (bicyclic) bond motifs is 4. The van der Waals surface area contributed by atoms with Gasteiger partial charge in [0.05, 0.1) is 55.8 Å². The Morgan fingerprint density at radius 2 is 0.912 bits per heavy atom. The number of carbonyl (C=O) groups excluding carboxylic acids is 8. The van der Waals surface area contributed by atoms with Crippen molar-refractivity contribution >= 4 is 218 Å². The lowest BCUT2D eigenvalue weighted by atomic mass is 9.88. The van der Waals surface area contributed by atoms with Crippen molar-refractivity contribution in [1.82, 2.24) is 49.8 Å². The number of ether oxygens (including phenoxy) is 9. The van der Waals surface area contributed by atoms with E-state index >= 15 is 0 Å². The number of aromatic amines is 2. The molecule has 0 atom stereocenters. The molecule has 18 rings (SSSR count). The number of benzene rings is 4. The van der Waals surface area contributed by atoms with Crippen LogP contribution in [-0.2, 0) is 84.4 Å². The van der Waals surface area contributed by atoms with Crippen LogP contribution in [0.5, 0.6) is 23.0 Å². The highest BCUT2D eigenvalue weighted by molar-refractivity contribution is 6.37. The number of anilines is 2. The minimum atomic E-state index is -1.27. The Bertz CT molecular complexity index is 6860. The van der Waals surface area contributed by atoms with E-state index in [0.29, 0.717) is 99.4 Å². The Hall–Kier alpha value is -13.6. The second-order valence-electron chi connectivity index (χ2n) is 29.9. The van der Waals surface area contributed by atoms with Crippen LogP contribution in [0.25, 0.3) is 43.6 Å². The second kappa shape index (κ2) is 48.2. The fourth-order valence-electron chi connectivity index (χ4n) is 11.9. The van der Waals surface area contributed by atoms with Gasteiger partial charge in [-0.2, -0.15) is 0 Å². The fraction of sp³-hybridized carbons (Fsp3) is 0.170. The van der Waals surface area contributed by atoms with Gasteiger partial charge in [-0.05, 0) is 121 Å². The number of esters is 6. The van der Waals surface area contributed by atoms with Crippen molar-refractivity contribution in [1.29, 1.82) is 0 Å². The molecule has 14 aromatic rings. The summed E-state index contributed by atoms with van der Waals surface area (Å²) in [7, 11) is 1.33. The van der Waals surface area contributed by atoms with Crippen molar-refractivity contribution in [3.8, 4) is 23.0 Å². The summed E-state index contributed by atoms with van der Waals surface area (Å²) in [6, 6.07) is 48.1. The highest BCUT2D eigenvalue weighted by Gasteiger charge is 2.55. The van der Waals surface area contributed by atoms with Crippen LogP contribution in [0, 0.1) is 17.0 Å². The fourth-order valence-corrected chi connectivity index (χ4v) is 14.1. The number of halogens is 12. The zero-order valence-electron chi connectivity index (χ0n) is 72.4. The predicted octanol–water partition coefficient (Wildman–Crippen LogP) is 21.3. The first-order valence-corrected chi connectivity index (χ1v) is 43.7. The van der Waals surface area contributed by atoms with Crippen molar-refractivity contribution in [2.75, 3.05) is 18.2 Å². The van der Waals surface area contributed by atoms with Gasteiger partial charge in [0, 0.05) is 145 Å². The summed E-state index contributed by atoms with van der Waals surface area (Å²) in [6.07, 6.45) is 13.7. The Kier molecular flexibility index (Phi) is 37.1. The summed E-state index contributed by atoms with van der Waals surface area (Å²) in [4.78, 5) is 152. The Morgan fingerprint density at radius 1 is 0.460 bits per heavy atom. The molecule has 0 bridgehead atoms. The maximum Gasteiger partial charge on any atom is 0.352 e. The number of rotatable bonds is 13. The molecule has 0 unspecified atom stereocenters. The smallest absolute Gasteiger partial charge is 0.352 e. The molecule has 0 spiro atoms. The van der Waals surface area contributed by atoms with Crippen molar-refractivity contribution < 1.29 is 89.8 Å². The first-order chi connectivity index (χ1) is 64.9. The van der Waals surface area contributed by atoms with E-state index in [0.717, 1.165) is 28.7 Å². The molecule has 4 aromatic carbocycles. The first-order valence-electron chi connectivity index (χ1n) is 39.9. The molecule has 137 heavy (non-hydrogen) atoms. The Morgan fingerprint density at radius 3 is 1.43 bits per heavy atom. The van der Waals surface area contributed by atoms with Crippen LogP contribution in [0.1, 0.15) is 71.9 Å². The second-order valence-corrected chi connectivity index (χ2v) is 33.8. The quantitative estimate of drug-likeness (QED) is 0.0158. The number of nitrogens with one attached hydrogen (secondary N) is 3. The first kappa shape index (κ1) is 105. The predicted molar refractivity (Wildman–Crippen MR) is 512 cm³/mol. The van der Waals surface area contributed by atoms with E-state index in [9.17, 15) is 56.7 Å². The van der Waals surface area contributed by atoms with Gasteiger partial charge in [0.25, 0.3) is 17.4 Å². The number of ketones is 2. The number of nitrogens with zero attached hydrogens (tertiary/aromatic N) is 8. The SMILES string of the molecule is CC1(C)OC(=O)C(=CNc2cc(Cl)nc(Cl)c2)C(=O)O1.CC1(C)OC(=O)CC(=O)O1.COC=C1C(=O)OC(C)(C)OC1=O.Clc1cc2nccc(Cl)c2cn1.Nc1cc(Cl)nc(Cl)c1.O=C(Cc1ccc(F)cc1)C1(C(=O)Cc2ccc(Oc3ccnc4cc(Cl)ncc34)c(F)c2)CC1.O=c1cc[nH]c2cc(Cl)nc(Cl)c12.O=c1cc[nH]c2cc(Cl)ncc12.c1ccc(Oc2ccccc2)cc1. The van der Waals surface area contributed by atoms with Gasteiger partial charge in [0.2, 0.25) is 0 Å². The largest absolute Gasteiger partial charge is 0.503 e. The lowest BCUT2D eigenvalue weighted by Gasteiger charge is -2.29. The lowest BCUT2D eigenvalue weighted by molar-refractivity contribution is -0.232. The van der Waals surface area contributed by atoms with Gasteiger partial charge >= 0.3 is 35.8 Å². The molecule has 4 fully saturated rings. The van der Waals surface area contributed by atoms with E-state index < -0.39 is 64.4 Å². The van der Waals surface area contributed by atoms with Crippen LogP contribution in [0.2, 0.25) is 51.4 Å². The number of hydrogen-bond donors (Lipinski definition) is 4. The minimum absolute atomic E-state index is 0.0165. The molecule has 4 aliphatic rings. The molecule has 1 aliphatic carbocycles. The number of cyclic esters (lactones) is 6. The number of nitrogen functional groups attached to an aromatic ring is 1. The van der Waals surface area contributed by atoms with Gasteiger partial charge < -0.3 is 63.7 Å². The molecule has 0 amide bonds.